The van der Waals surface area contributed by atoms with Gasteiger partial charge >= 0.3 is 24.0 Å². The van der Waals surface area contributed by atoms with Crippen molar-refractivity contribution in [3.63, 3.8) is 0 Å². The van der Waals surface area contributed by atoms with Gasteiger partial charge in [0.15, 0.2) is 25.8 Å². The Morgan fingerprint density at radius 2 is 1.47 bits per heavy atom. The molecule has 3 aliphatic carbocycles. The van der Waals surface area contributed by atoms with Crippen molar-refractivity contribution in [1.82, 2.24) is 5.32 Å². The lowest BCUT2D eigenvalue weighted by Crippen LogP contribution is -2.82. The number of amides is 1. The fraction of sp³-hybridized carbons (Fsp3) is 0.729. The predicted octanol–water partition coefficient (Wildman–Crippen LogP) is 11.7. The van der Waals surface area contributed by atoms with E-state index < -0.39 is 129 Å². The number of carbonyl (C=O) groups is 4. The third-order valence-corrected chi connectivity index (χ3v) is 29.3. The zero-order chi connectivity index (χ0) is 57.2. The summed E-state index contributed by atoms with van der Waals surface area (Å²) in [6, 6.07) is 13.1. The van der Waals surface area contributed by atoms with Crippen molar-refractivity contribution in [2.75, 3.05) is 6.61 Å². The highest BCUT2D eigenvalue weighted by Crippen LogP contribution is 2.68. The second-order valence-corrected chi connectivity index (χ2v) is 35.8. The van der Waals surface area contributed by atoms with Crippen molar-refractivity contribution >= 4 is 40.6 Å². The van der Waals surface area contributed by atoms with Crippen LogP contribution in [-0.4, -0.2) is 118 Å². The molecule has 4 fully saturated rings. The molecule has 5 aliphatic rings. The number of ether oxygens (including phenoxy) is 7. The number of alkyl carbamates (subject to hydrolysis) is 1. The number of furan rings is 1. The topological polar surface area (TPSA) is 197 Å². The van der Waals surface area contributed by atoms with E-state index in [9.17, 15) is 14.7 Å². The molecule has 2 aromatic rings. The molecule has 77 heavy (non-hydrogen) atoms. The maximum Gasteiger partial charge on any atom is 0.408 e. The van der Waals surface area contributed by atoms with Crippen molar-refractivity contribution in [2.45, 2.75) is 251 Å². The summed E-state index contributed by atoms with van der Waals surface area (Å²) in [6.45, 7) is 37.0. The van der Waals surface area contributed by atoms with E-state index in [1.807, 2.05) is 34.6 Å². The van der Waals surface area contributed by atoms with Crippen LogP contribution in [0.3, 0.4) is 0 Å². The minimum absolute atomic E-state index is 0.00984. The standard InChI is InChI=1S/C59H91NO15Si2/c1-20-76(21-2,22-3)74-42-31-43-58(33-67-43,70-38(11)61)48-50(69-51(62)39-27-24-23-25-28-39)59(65)32-41(37(10)44(55(59,15)16)46-49(57(42,48)19)72-56(17,18)71-46)68-52(63)47(75-77(34(4)5,35(6)7)36(8)9)45(40-29-26-30-66-40)60-53(64)73-54(12,13)14/h23-30,34-36,41-43,45-50,65H,20-22,31-33H2,1-19H3,(H,60,64)/t41-,42-,43+,45-,46+,47?,48-,49+,50-,57+,58-,59+/m0/s1. The monoisotopic (exact) mass is 1110 g/mol. The average molecular weight is 1110 g/mol. The quantitative estimate of drug-likeness (QED) is 0.0618. The van der Waals surface area contributed by atoms with Crippen LogP contribution in [0.25, 0.3) is 0 Å². The molecule has 1 aromatic carbocycles. The summed E-state index contributed by atoms with van der Waals surface area (Å²) in [7, 11) is -5.52. The number of carbonyl (C=O) groups excluding carboxylic acids is 4. The lowest BCUT2D eigenvalue weighted by Gasteiger charge is -2.69. The lowest BCUT2D eigenvalue weighted by molar-refractivity contribution is -0.361. The van der Waals surface area contributed by atoms with Crippen molar-refractivity contribution in [1.29, 1.82) is 0 Å². The summed E-state index contributed by atoms with van der Waals surface area (Å²) in [5.41, 5.74) is -5.66. The second-order valence-electron chi connectivity index (χ2n) is 25.7. The summed E-state index contributed by atoms with van der Waals surface area (Å²) in [5.74, 6) is -4.19. The molecule has 1 aromatic heterocycles. The molecule has 2 saturated heterocycles. The highest BCUT2D eigenvalue weighted by molar-refractivity contribution is 6.77. The smallest absolute Gasteiger partial charge is 0.408 e. The van der Waals surface area contributed by atoms with Gasteiger partial charge in [-0.2, -0.15) is 0 Å². The van der Waals surface area contributed by atoms with Crippen molar-refractivity contribution in [2.24, 2.45) is 16.7 Å². The second kappa shape index (κ2) is 21.9. The van der Waals surface area contributed by atoms with E-state index in [0.717, 1.165) is 18.1 Å². The third kappa shape index (κ3) is 10.7. The number of esters is 3. The summed E-state index contributed by atoms with van der Waals surface area (Å²) in [5, 5.41) is 17.6. The Morgan fingerprint density at radius 1 is 0.857 bits per heavy atom. The number of nitrogens with one attached hydrogen (secondary N) is 1. The molecule has 3 heterocycles. The van der Waals surface area contributed by atoms with Crippen LogP contribution in [0.1, 0.15) is 167 Å². The van der Waals surface area contributed by atoms with E-state index in [4.69, 9.17) is 46.4 Å². The number of hydrogen-bond donors (Lipinski definition) is 2. The number of fused-ring (bicyclic) bond motifs is 8. The van der Waals surface area contributed by atoms with Gasteiger partial charge in [0.25, 0.3) is 0 Å². The van der Waals surface area contributed by atoms with Gasteiger partial charge in [-0.1, -0.05) is 101 Å². The molecule has 18 heteroatoms. The molecule has 0 spiro atoms. The van der Waals surface area contributed by atoms with Gasteiger partial charge < -0.3 is 56.9 Å². The van der Waals surface area contributed by atoms with Gasteiger partial charge in [0.1, 0.15) is 47.4 Å². The molecule has 16 nitrogen and oxygen atoms in total. The van der Waals surface area contributed by atoms with Crippen LogP contribution >= 0.6 is 0 Å². The predicted molar refractivity (Wildman–Crippen MR) is 295 cm³/mol. The van der Waals surface area contributed by atoms with E-state index in [2.05, 4.69) is 74.6 Å². The largest absolute Gasteiger partial charge is 0.467 e. The Hall–Kier alpha value is -3.89. The van der Waals surface area contributed by atoms with Gasteiger partial charge in [-0.3, -0.25) is 4.79 Å². The Kier molecular flexibility index (Phi) is 17.3. The van der Waals surface area contributed by atoms with Gasteiger partial charge in [-0.15, -0.1) is 0 Å². The maximum absolute atomic E-state index is 15.9. The van der Waals surface area contributed by atoms with E-state index in [1.165, 1.54) is 13.2 Å². The molecule has 2 N–H and O–H groups in total. The molecule has 1 unspecified atom stereocenters. The number of aliphatic hydroxyl groups is 1. The normalized spacial score (nSPS) is 31.4. The fourth-order valence-electron chi connectivity index (χ4n) is 14.6. The van der Waals surface area contributed by atoms with Crippen LogP contribution in [0.4, 0.5) is 4.79 Å². The molecule has 430 valence electrons. The van der Waals surface area contributed by atoms with Crippen LogP contribution in [0.2, 0.25) is 34.8 Å². The van der Waals surface area contributed by atoms with Crippen LogP contribution in [0.15, 0.2) is 64.3 Å². The first-order chi connectivity index (χ1) is 35.7. The Labute approximate surface area is 459 Å². The first-order valence-corrected chi connectivity index (χ1v) is 32.9. The Morgan fingerprint density at radius 3 is 1.97 bits per heavy atom. The molecular weight excluding hydrogens is 1020 g/mol. The Balaban J connectivity index is 1.50. The van der Waals surface area contributed by atoms with Crippen LogP contribution in [0.5, 0.6) is 0 Å². The molecule has 2 saturated carbocycles. The molecule has 0 radical (unpaired) electrons. The zero-order valence-corrected chi connectivity index (χ0v) is 51.5. The first-order valence-electron chi connectivity index (χ1n) is 28.2. The minimum atomic E-state index is -3.02. The first kappa shape index (κ1) is 60.7. The van der Waals surface area contributed by atoms with Crippen LogP contribution < -0.4 is 5.32 Å². The lowest BCUT2D eigenvalue weighted by atomic mass is 9.44. The van der Waals surface area contributed by atoms with E-state index >= 15 is 9.59 Å². The van der Waals surface area contributed by atoms with Gasteiger partial charge in [-0.25, -0.2) is 14.4 Å². The highest BCUT2D eigenvalue weighted by Gasteiger charge is 2.80. The number of rotatable bonds is 18. The SMILES string of the molecule is CC[Si](CC)(CC)O[C@H]1C[C@H]2OC[C@@]2(OC(C)=O)[C@H]2[C@H](OC(=O)c3ccccc3)[C@]3(O)C[C@H](OC(=O)C(O[Si](C(C)C)(C(C)C)C(C)C)[C@@H](NC(=O)OC(C)(C)C)c4ccco4)C(C)=C([C@H]4OC(C)(C)O[C@H]4[C@]12C)C3(C)C. The number of benzene rings is 1. The summed E-state index contributed by atoms with van der Waals surface area (Å²) < 4.78 is 68.4. The van der Waals surface area contributed by atoms with Gasteiger partial charge in [0, 0.05) is 30.6 Å². The minimum Gasteiger partial charge on any atom is -0.467 e. The zero-order valence-electron chi connectivity index (χ0n) is 49.5. The summed E-state index contributed by atoms with van der Waals surface area (Å²) in [4.78, 5) is 58.7. The van der Waals surface area contributed by atoms with Crippen LogP contribution in [0, 0.1) is 16.7 Å². The molecule has 1 amide bonds. The number of hydrogen-bond acceptors (Lipinski definition) is 15. The van der Waals surface area contributed by atoms with E-state index in [0.29, 0.717) is 17.6 Å². The molecule has 12 atom stereocenters. The molecule has 2 bridgehead atoms. The van der Waals surface area contributed by atoms with Gasteiger partial charge in [0.05, 0.1) is 36.6 Å². The maximum atomic E-state index is 15.9. The summed E-state index contributed by atoms with van der Waals surface area (Å²) in [6.07, 6.45) is -6.69. The van der Waals surface area contributed by atoms with Gasteiger partial charge in [-0.05, 0) is 112 Å². The molecular formula is C59H91NO15Si2. The van der Waals surface area contributed by atoms with Crippen LogP contribution in [-0.2, 0) is 51.6 Å². The van der Waals surface area contributed by atoms with E-state index in [1.54, 1.807) is 63.2 Å². The molecule has 2 aliphatic heterocycles. The van der Waals surface area contributed by atoms with Gasteiger partial charge in [0.2, 0.25) is 8.32 Å². The fourth-order valence-corrected chi connectivity index (χ4v) is 23.1. The Bertz CT molecular complexity index is 2450. The highest BCUT2D eigenvalue weighted by atomic mass is 28.4. The van der Waals surface area contributed by atoms with Crippen molar-refractivity contribution < 1.29 is 70.7 Å². The summed E-state index contributed by atoms with van der Waals surface area (Å²) >= 11 is 0. The molecule has 7 rings (SSSR count). The third-order valence-electron chi connectivity index (χ3n) is 18.6. The van der Waals surface area contributed by atoms with E-state index in [-0.39, 0.29) is 41.0 Å². The van der Waals surface area contributed by atoms with Crippen molar-refractivity contribution in [3.05, 3.63) is 71.2 Å². The average Bonchev–Trinajstić information content (AvgIpc) is 4.06. The van der Waals surface area contributed by atoms with Crippen molar-refractivity contribution in [3.8, 4) is 0 Å².